The number of nitrogens with one attached hydrogen (secondary N) is 1. The van der Waals surface area contributed by atoms with E-state index in [0.717, 1.165) is 19.5 Å². The fourth-order valence-corrected chi connectivity index (χ4v) is 9.33. The normalized spacial score (nSPS) is 30.8. The highest BCUT2D eigenvalue weighted by Crippen LogP contribution is 2.51. The first-order chi connectivity index (χ1) is 31.2. The quantitative estimate of drug-likeness (QED) is 0.0879. The van der Waals surface area contributed by atoms with Gasteiger partial charge in [0, 0.05) is 85.7 Å². The number of hydrogen-bond donors (Lipinski definition) is 5. The summed E-state index contributed by atoms with van der Waals surface area (Å²) in [5.41, 5.74) is -1.57. The van der Waals surface area contributed by atoms with Crippen molar-refractivity contribution in [2.75, 3.05) is 39.2 Å². The number of rotatable bonds is 5. The third kappa shape index (κ3) is 8.84. The lowest BCUT2D eigenvalue weighted by Gasteiger charge is -2.38. The Morgan fingerprint density at radius 2 is 1.74 bits per heavy atom. The van der Waals surface area contributed by atoms with E-state index in [1.807, 2.05) is 7.05 Å². The number of anilines is 1. The third-order valence-electron chi connectivity index (χ3n) is 13.4. The Bertz CT molecular complexity index is 2690. The van der Waals surface area contributed by atoms with Crippen LogP contribution >= 0.6 is 0 Å². The summed E-state index contributed by atoms with van der Waals surface area (Å²) in [6.07, 6.45) is 4.35. The number of nitrogens with zero attached hydrogens (tertiary/aromatic N) is 2. The fourth-order valence-electron chi connectivity index (χ4n) is 9.33. The molecule has 0 radical (unpaired) electrons. The van der Waals surface area contributed by atoms with E-state index in [2.05, 4.69) is 10.2 Å². The summed E-state index contributed by atoms with van der Waals surface area (Å²) < 4.78 is 36.3. The summed E-state index contributed by atoms with van der Waals surface area (Å²) in [5.74, 6) is -7.51. The van der Waals surface area contributed by atoms with Gasteiger partial charge in [0.25, 0.3) is 11.7 Å². The van der Waals surface area contributed by atoms with Gasteiger partial charge in [0.2, 0.25) is 5.43 Å². The van der Waals surface area contributed by atoms with Gasteiger partial charge in [-0.3, -0.25) is 19.2 Å². The van der Waals surface area contributed by atoms with E-state index in [1.54, 1.807) is 39.8 Å². The predicted molar refractivity (Wildman–Crippen MR) is 244 cm³/mol. The molecule has 1 saturated heterocycles. The van der Waals surface area contributed by atoms with Crippen LogP contribution in [-0.2, 0) is 23.8 Å². The molecule has 1 aliphatic carbocycles. The minimum atomic E-state index is -2.09. The van der Waals surface area contributed by atoms with E-state index in [1.165, 1.54) is 65.4 Å². The molecule has 354 valence electrons. The third-order valence-corrected chi connectivity index (χ3v) is 13.4. The number of amides is 1. The number of likely N-dealkylation sites (tertiary alicyclic amines) is 1. The number of carbonyl (C=O) groups is 3. The second-order valence-electron chi connectivity index (χ2n) is 18.2. The van der Waals surface area contributed by atoms with Crippen LogP contribution in [0, 0.1) is 36.5 Å². The molecule has 2 aromatic rings. The molecular weight excluding hydrogens is 855 g/mol. The molecule has 7 rings (SSSR count). The van der Waals surface area contributed by atoms with Crippen molar-refractivity contribution in [1.29, 1.82) is 0 Å². The maximum Gasteiger partial charge on any atom is 0.312 e. The van der Waals surface area contributed by atoms with Crippen LogP contribution in [0.15, 0.2) is 57.5 Å². The first-order valence-corrected chi connectivity index (χ1v) is 22.1. The predicted octanol–water partition coefficient (Wildman–Crippen LogP) is 5.99. The van der Waals surface area contributed by atoms with Crippen LogP contribution in [0.5, 0.6) is 23.0 Å². The van der Waals surface area contributed by atoms with Crippen LogP contribution in [0.4, 0.5) is 5.69 Å². The molecular formula is C49H59N3O14. The number of aromatic hydroxyl groups is 2. The van der Waals surface area contributed by atoms with E-state index in [4.69, 9.17) is 33.1 Å². The van der Waals surface area contributed by atoms with E-state index in [0.29, 0.717) is 6.61 Å². The zero-order valence-corrected chi connectivity index (χ0v) is 38.8. The maximum absolute atomic E-state index is 14.8. The Labute approximate surface area is 382 Å². The molecule has 17 nitrogen and oxygen atoms in total. The second-order valence-corrected chi connectivity index (χ2v) is 18.2. The van der Waals surface area contributed by atoms with Crippen LogP contribution in [0.25, 0.3) is 33.3 Å². The molecule has 1 amide bonds. The summed E-state index contributed by atoms with van der Waals surface area (Å²) in [6, 6.07) is 2.90. The number of phenolic OH excluding ortho intramolecular Hbond substituents is 2. The number of hydrogen-bond acceptors (Lipinski definition) is 16. The van der Waals surface area contributed by atoms with Gasteiger partial charge in [-0.2, -0.15) is 0 Å². The Hall–Kier alpha value is -6.01. The topological polar surface area (TPSA) is 237 Å². The molecule has 1 unspecified atom stereocenters. The number of phenols is 2. The van der Waals surface area contributed by atoms with Crippen molar-refractivity contribution in [3.63, 3.8) is 0 Å². The van der Waals surface area contributed by atoms with Gasteiger partial charge < -0.3 is 58.7 Å². The molecule has 0 saturated carbocycles. The van der Waals surface area contributed by atoms with Gasteiger partial charge in [-0.15, -0.1) is 0 Å². The molecule has 4 heterocycles. The van der Waals surface area contributed by atoms with E-state index >= 15 is 0 Å². The van der Waals surface area contributed by atoms with Gasteiger partial charge in [-0.1, -0.05) is 45.9 Å². The molecule has 0 aromatic heterocycles. The van der Waals surface area contributed by atoms with E-state index in [9.17, 15) is 39.6 Å². The van der Waals surface area contributed by atoms with Gasteiger partial charge in [-0.05, 0) is 39.9 Å². The average Bonchev–Trinajstić information content (AvgIpc) is 3.82. The maximum atomic E-state index is 14.8. The first-order valence-electron chi connectivity index (χ1n) is 22.1. The van der Waals surface area contributed by atoms with E-state index in [-0.39, 0.29) is 73.2 Å². The fraction of sp³-hybridized carbons (Fsp3) is 0.490. The minimum Gasteiger partial charge on any atom is -0.507 e. The molecule has 4 aliphatic heterocycles. The van der Waals surface area contributed by atoms with Gasteiger partial charge in [0.15, 0.2) is 11.3 Å². The molecule has 66 heavy (non-hydrogen) atoms. The first kappa shape index (κ1) is 47.9. The van der Waals surface area contributed by atoms with Crippen LogP contribution in [-0.4, -0.2) is 112 Å². The number of esters is 1. The van der Waals surface area contributed by atoms with Crippen molar-refractivity contribution < 1.29 is 62.9 Å². The minimum absolute atomic E-state index is 0.00772. The highest BCUT2D eigenvalue weighted by atomic mass is 16.7. The van der Waals surface area contributed by atoms with Gasteiger partial charge in [-0.25, -0.2) is 4.98 Å². The SMILES string of the molecule is CO[C@H]1/C=C/O[C@@]2(C)Oc3c(C)c(O)c4c(=O)c(c5oc6cc(OCC7CCN(C)C7)cc(O)c6nc-5c4c3C2=O)NC(=O)/C(C)=C\C=C\[C@H](C)[C@H](O)[C@@H](C)[C@@H](O)[C@@H](C)[C@H](OC(C)=O)[C@@H]1C. The summed E-state index contributed by atoms with van der Waals surface area (Å²) in [7, 11) is 3.46. The number of allylic oxidation sites excluding steroid dienone is 2. The number of carbonyl (C=O) groups excluding carboxylic acids is 3. The molecule has 5 aliphatic rings. The molecule has 2 aromatic carbocycles. The molecule has 17 heteroatoms. The largest absolute Gasteiger partial charge is 0.507 e. The van der Waals surface area contributed by atoms with Crippen LogP contribution in [0.1, 0.15) is 70.8 Å². The van der Waals surface area contributed by atoms with Gasteiger partial charge in [0.1, 0.15) is 46.0 Å². The van der Waals surface area contributed by atoms with E-state index < -0.39 is 88.4 Å². The molecule has 5 N–H and O–H groups in total. The second kappa shape index (κ2) is 18.7. The number of ether oxygens (including phenoxy) is 5. The molecule has 1 fully saturated rings. The number of methoxy groups -OCH3 is 1. The van der Waals surface area contributed by atoms with Crippen molar-refractivity contribution in [3.05, 3.63) is 69.6 Å². The number of aliphatic hydroxyl groups excluding tert-OH is 2. The summed E-state index contributed by atoms with van der Waals surface area (Å²) in [6.45, 7) is 14.6. The highest BCUT2D eigenvalue weighted by molar-refractivity contribution is 6.22. The Kier molecular flexibility index (Phi) is 13.6. The lowest BCUT2D eigenvalue weighted by molar-refractivity contribution is -0.160. The number of aromatic nitrogens is 1. The molecule has 10 atom stereocenters. The standard InChI is InChI=1S/C49H59N3O14/c1-22-12-11-13-23(2)48(60)51-39-43(58)35-34(38-46(39)65-33-19-30(18-31(54)37(33)50-38)62-21-29-14-16-52(9)20-29)36-45(27(6)42(35)57)66-49(8,47(36)59)63-17-15-32(61-10)24(3)44(64-28(7)53)26(5)41(56)25(4)40(22)55/h11-13,15,17-19,22,24-26,29,32,40-41,44,54-57H,14,16,20-21H2,1-10H3,(H,51,60)/b12-11+,17-15+,23-13-/t22-,24+,25+,26+,29?,32-,40-,41+,44+,49-/m0/s1. The van der Waals surface area contributed by atoms with Crippen LogP contribution in [0.3, 0.4) is 0 Å². The number of aliphatic hydroxyl groups is 2. The number of ketones is 1. The highest BCUT2D eigenvalue weighted by Gasteiger charge is 2.50. The summed E-state index contributed by atoms with van der Waals surface area (Å²) in [5, 5.41) is 48.3. The Morgan fingerprint density at radius 1 is 1.02 bits per heavy atom. The lowest BCUT2D eigenvalue weighted by atomic mass is 9.78. The number of Topliss-reactive ketones (excluding diaryl/α,β-unsaturated/α-hetero) is 1. The summed E-state index contributed by atoms with van der Waals surface area (Å²) >= 11 is 0. The van der Waals surface area contributed by atoms with Crippen molar-refractivity contribution in [2.45, 2.75) is 92.0 Å². The van der Waals surface area contributed by atoms with Crippen molar-refractivity contribution in [3.8, 4) is 34.5 Å². The van der Waals surface area contributed by atoms with Crippen LogP contribution < -0.4 is 20.2 Å². The number of benzene rings is 3. The smallest absolute Gasteiger partial charge is 0.312 e. The monoisotopic (exact) mass is 913 g/mol. The zero-order valence-electron chi connectivity index (χ0n) is 38.8. The lowest BCUT2D eigenvalue weighted by Crippen LogP contribution is -2.46. The Balaban J connectivity index is 1.42. The van der Waals surface area contributed by atoms with Crippen molar-refractivity contribution in [2.24, 2.45) is 29.6 Å². The van der Waals surface area contributed by atoms with Crippen molar-refractivity contribution >= 4 is 45.2 Å². The molecule has 4 bridgehead atoms. The average molecular weight is 914 g/mol. The summed E-state index contributed by atoms with van der Waals surface area (Å²) in [4.78, 5) is 62.9. The zero-order chi connectivity index (χ0) is 48.1. The van der Waals surface area contributed by atoms with Gasteiger partial charge >= 0.3 is 11.8 Å². The Morgan fingerprint density at radius 3 is 2.41 bits per heavy atom. The molecule has 0 spiro atoms. The number of fused-ring (bicyclic) bond motifs is 2. The van der Waals surface area contributed by atoms with Gasteiger partial charge in [0.05, 0.1) is 42.1 Å². The van der Waals surface area contributed by atoms with Crippen molar-refractivity contribution in [1.82, 2.24) is 9.88 Å². The van der Waals surface area contributed by atoms with Crippen LogP contribution in [0.2, 0.25) is 0 Å².